The number of amides is 1. The molecule has 3 aliphatic rings. The molecule has 1 amide bonds. The third-order valence-corrected chi connectivity index (χ3v) is 8.68. The van der Waals surface area contributed by atoms with Gasteiger partial charge >= 0.3 is 18.6 Å². The lowest BCUT2D eigenvalue weighted by Gasteiger charge is -2.33. The largest absolute Gasteiger partial charge is 0.469 e. The normalized spacial score (nSPS) is 21.8. The van der Waals surface area contributed by atoms with Crippen LogP contribution < -0.4 is 0 Å². The molecule has 220 valence electrons. The molecule has 15 heteroatoms. The zero-order valence-corrected chi connectivity index (χ0v) is 23.7. The molecule has 42 heavy (non-hydrogen) atoms. The number of carbonyl (C=O) groups excluding carboxylic acids is 2. The Morgan fingerprint density at radius 3 is 2.86 bits per heavy atom. The number of amidine groups is 1. The van der Waals surface area contributed by atoms with E-state index in [1.165, 1.54) is 48.9 Å². The average molecular weight is 621 g/mol. The second-order valence-electron chi connectivity index (χ2n) is 10.1. The van der Waals surface area contributed by atoms with E-state index in [2.05, 4.69) is 10.1 Å². The minimum Gasteiger partial charge on any atom is -0.469 e. The number of hydrogen-bond donors (Lipinski definition) is 0. The highest BCUT2D eigenvalue weighted by atomic mass is 35.5. The summed E-state index contributed by atoms with van der Waals surface area (Å²) in [6.45, 7) is -2.29. The molecule has 10 nitrogen and oxygen atoms in total. The van der Waals surface area contributed by atoms with Crippen molar-refractivity contribution in [2.45, 2.75) is 37.4 Å². The number of rotatable bonds is 8. The van der Waals surface area contributed by atoms with Crippen LogP contribution in [0.2, 0.25) is 5.02 Å². The van der Waals surface area contributed by atoms with Gasteiger partial charge in [-0.1, -0.05) is 17.7 Å². The van der Waals surface area contributed by atoms with Gasteiger partial charge < -0.3 is 14.4 Å². The molecule has 0 saturated carbocycles. The fourth-order valence-corrected chi connectivity index (χ4v) is 6.59. The molecule has 1 aromatic carbocycles. The van der Waals surface area contributed by atoms with Gasteiger partial charge in [0.05, 0.1) is 19.3 Å². The van der Waals surface area contributed by atoms with E-state index in [0.717, 1.165) is 0 Å². The lowest BCUT2D eigenvalue weighted by atomic mass is 9.90. The average Bonchev–Trinajstić information content (AvgIpc) is 3.77. The summed E-state index contributed by atoms with van der Waals surface area (Å²) in [6, 6.07) is 4.57. The second kappa shape index (κ2) is 11.1. The number of carbonyl (C=O) groups is 2. The first-order valence-corrected chi connectivity index (χ1v) is 14.2. The minimum atomic E-state index is -2.87. The molecule has 0 radical (unpaired) electrons. The van der Waals surface area contributed by atoms with E-state index in [4.69, 9.17) is 26.1 Å². The second-order valence-corrected chi connectivity index (χ2v) is 11.4. The summed E-state index contributed by atoms with van der Waals surface area (Å²) in [7, 11) is 1.30. The van der Waals surface area contributed by atoms with E-state index in [1.807, 2.05) is 4.90 Å². The number of alkyl halides is 2. The van der Waals surface area contributed by atoms with Crippen molar-refractivity contribution in [2.75, 3.05) is 26.8 Å². The predicted octanol–water partition coefficient (Wildman–Crippen LogP) is 5.29. The number of ether oxygens (including phenoxy) is 2. The maximum absolute atomic E-state index is 14.1. The molecule has 6 rings (SSSR count). The first kappa shape index (κ1) is 28.2. The first-order chi connectivity index (χ1) is 20.2. The number of esters is 1. The van der Waals surface area contributed by atoms with Crippen LogP contribution in [0.3, 0.4) is 0 Å². The smallest absolute Gasteiger partial charge is 0.410 e. The molecule has 0 aliphatic carbocycles. The van der Waals surface area contributed by atoms with Crippen molar-refractivity contribution in [3.63, 3.8) is 0 Å². The van der Waals surface area contributed by atoms with E-state index in [0.29, 0.717) is 38.8 Å². The third-order valence-electron chi connectivity index (χ3n) is 7.58. The number of thiazole rings is 1. The molecular weight excluding hydrogens is 597 g/mol. The SMILES string of the molecule is COC(=O)CCCN1C(=O)OC[C@]12CC1=C(c3ccn(C(F)F)n3)[C@H](c3ccc(F)cc3Cl)N=C(c3nccs3)N1C2. The Morgan fingerprint density at radius 2 is 2.17 bits per heavy atom. The molecule has 3 aromatic rings. The van der Waals surface area contributed by atoms with Crippen molar-refractivity contribution in [1.29, 1.82) is 0 Å². The molecule has 2 fully saturated rings. The summed E-state index contributed by atoms with van der Waals surface area (Å²) in [5.41, 5.74) is 1.02. The molecule has 1 spiro atoms. The lowest BCUT2D eigenvalue weighted by Crippen LogP contribution is -2.50. The summed E-state index contributed by atoms with van der Waals surface area (Å²) in [6.07, 6.45) is 3.04. The predicted molar refractivity (Wildman–Crippen MR) is 147 cm³/mol. The molecular formula is C27H24ClF3N6O4S. The van der Waals surface area contributed by atoms with E-state index in [-0.39, 0.29) is 43.3 Å². The van der Waals surface area contributed by atoms with Crippen LogP contribution in [0.15, 0.2) is 52.7 Å². The van der Waals surface area contributed by atoms with Crippen LogP contribution in [-0.2, 0) is 14.3 Å². The van der Waals surface area contributed by atoms with E-state index < -0.39 is 36.0 Å². The number of fused-ring (bicyclic) bond motifs is 1. The number of cyclic esters (lactones) is 1. The Bertz CT molecular complexity index is 1600. The van der Waals surface area contributed by atoms with E-state index in [9.17, 15) is 22.8 Å². The summed E-state index contributed by atoms with van der Waals surface area (Å²) in [5, 5.41) is 6.65. The third kappa shape index (κ3) is 4.91. The fraction of sp³-hybridized carbons (Fsp3) is 0.370. The van der Waals surface area contributed by atoms with E-state index >= 15 is 0 Å². The summed E-state index contributed by atoms with van der Waals surface area (Å²) in [4.78, 5) is 37.7. The van der Waals surface area contributed by atoms with Gasteiger partial charge in [0.1, 0.15) is 24.0 Å². The highest BCUT2D eigenvalue weighted by Crippen LogP contribution is 2.50. The topological polar surface area (TPSA) is 102 Å². The number of benzene rings is 1. The zero-order chi connectivity index (χ0) is 29.6. The standard InChI is InChI=1S/C27H24ClF3N6O4S/c1-40-20(38)3-2-8-36-26(39)41-14-27(36)12-19-21(18-6-9-37(34-18)25(30)31)22(16-5-4-15(29)11-17(16)28)33-23(35(19)13-27)24-32-7-10-42-24/h4-7,9-11,22,25H,2-3,8,12-14H2,1H3/t22-,27+/m0/s1. The molecule has 2 aromatic heterocycles. The molecule has 2 saturated heterocycles. The van der Waals surface area contributed by atoms with E-state index in [1.54, 1.807) is 16.5 Å². The number of nitrogens with zero attached hydrogens (tertiary/aromatic N) is 6. The van der Waals surface area contributed by atoms with Gasteiger partial charge in [0.25, 0.3) is 0 Å². The Kier molecular flexibility index (Phi) is 7.43. The number of aromatic nitrogens is 3. The lowest BCUT2D eigenvalue weighted by molar-refractivity contribution is -0.140. The van der Waals surface area contributed by atoms with Crippen molar-refractivity contribution in [1.82, 2.24) is 24.6 Å². The highest BCUT2D eigenvalue weighted by molar-refractivity contribution is 7.11. The number of hydrogen-bond acceptors (Lipinski definition) is 9. The van der Waals surface area contributed by atoms with Crippen LogP contribution in [0, 0.1) is 5.82 Å². The van der Waals surface area contributed by atoms with Crippen LogP contribution >= 0.6 is 22.9 Å². The molecule has 0 bridgehead atoms. The van der Waals surface area contributed by atoms with Crippen molar-refractivity contribution < 1.29 is 32.2 Å². The molecule has 0 unspecified atom stereocenters. The fourth-order valence-electron chi connectivity index (χ4n) is 5.68. The zero-order valence-electron chi connectivity index (χ0n) is 22.2. The summed E-state index contributed by atoms with van der Waals surface area (Å²) >= 11 is 7.89. The van der Waals surface area contributed by atoms with Crippen LogP contribution in [-0.4, -0.2) is 74.8 Å². The summed E-state index contributed by atoms with van der Waals surface area (Å²) in [5.74, 6) is -0.434. The maximum Gasteiger partial charge on any atom is 0.410 e. The van der Waals surface area contributed by atoms with Crippen LogP contribution in [0.5, 0.6) is 0 Å². The highest BCUT2D eigenvalue weighted by Gasteiger charge is 2.56. The Balaban J connectivity index is 1.50. The Morgan fingerprint density at radius 1 is 1.33 bits per heavy atom. The Hall–Kier alpha value is -3.91. The molecule has 2 atom stereocenters. The quantitative estimate of drug-likeness (QED) is 0.315. The summed E-state index contributed by atoms with van der Waals surface area (Å²) < 4.78 is 52.1. The van der Waals surface area contributed by atoms with Gasteiger partial charge in [-0.25, -0.2) is 18.9 Å². The van der Waals surface area contributed by atoms with Crippen molar-refractivity contribution in [2.24, 2.45) is 4.99 Å². The van der Waals surface area contributed by atoms with Crippen molar-refractivity contribution in [3.8, 4) is 0 Å². The van der Waals surface area contributed by atoms with Crippen molar-refractivity contribution >= 4 is 46.4 Å². The Labute approximate surface area is 247 Å². The monoisotopic (exact) mass is 620 g/mol. The number of aliphatic imine (C=N–C) groups is 1. The maximum atomic E-state index is 14.1. The van der Waals surface area contributed by atoms with Gasteiger partial charge in [-0.15, -0.1) is 11.3 Å². The van der Waals surface area contributed by atoms with Crippen molar-refractivity contribution in [3.05, 3.63) is 74.8 Å². The first-order valence-electron chi connectivity index (χ1n) is 13.0. The van der Waals surface area contributed by atoms with Gasteiger partial charge in [0.2, 0.25) is 0 Å². The number of methoxy groups -OCH3 is 1. The minimum absolute atomic E-state index is 0.0654. The van der Waals surface area contributed by atoms with Crippen LogP contribution in [0.1, 0.15) is 48.1 Å². The molecule has 5 heterocycles. The van der Waals surface area contributed by atoms with Gasteiger partial charge in [0, 0.05) is 59.0 Å². The van der Waals surface area contributed by atoms with Gasteiger partial charge in [-0.05, 0) is 24.6 Å². The molecule has 0 N–H and O–H groups in total. The number of halogens is 4. The molecule has 3 aliphatic heterocycles. The van der Waals surface area contributed by atoms with Gasteiger partial charge in [-0.2, -0.15) is 13.9 Å². The van der Waals surface area contributed by atoms with Crippen LogP contribution in [0.4, 0.5) is 18.0 Å². The van der Waals surface area contributed by atoms with Gasteiger partial charge in [0.15, 0.2) is 10.8 Å². The van der Waals surface area contributed by atoms with Gasteiger partial charge in [-0.3, -0.25) is 14.7 Å². The van der Waals surface area contributed by atoms with Crippen LogP contribution in [0.25, 0.3) is 5.57 Å².